The molecule has 0 unspecified atom stereocenters. The molecule has 1 fully saturated rings. The molecule has 94 heavy (non-hydrogen) atoms. The van der Waals surface area contributed by atoms with Crippen LogP contribution in [0.15, 0.2) is 36.4 Å². The molecule has 1 aromatic rings. The van der Waals surface area contributed by atoms with E-state index >= 15 is 19.2 Å². The molecule has 4 N–H and O–H groups in total. The van der Waals surface area contributed by atoms with E-state index in [2.05, 4.69) is 21.3 Å². The van der Waals surface area contributed by atoms with Gasteiger partial charge >= 0.3 is 0 Å². The zero-order valence-electron chi connectivity index (χ0n) is 61.3. The molecule has 24 heteroatoms. The van der Waals surface area contributed by atoms with E-state index in [0.29, 0.717) is 0 Å². The highest BCUT2D eigenvalue weighted by Gasteiger charge is 2.46. The van der Waals surface area contributed by atoms with Gasteiger partial charge in [-0.1, -0.05) is 125 Å². The third-order valence-corrected chi connectivity index (χ3v) is 17.6. The first-order valence-corrected chi connectivity index (χ1v) is 33.4. The van der Waals surface area contributed by atoms with Gasteiger partial charge in [0.25, 0.3) is 5.91 Å². The lowest BCUT2D eigenvalue weighted by molar-refractivity contribution is -0.157. The molecule has 1 aromatic carbocycles. The molecule has 0 bridgehead atoms. The maximum absolute atomic E-state index is 15.2. The summed E-state index contributed by atoms with van der Waals surface area (Å²) in [6.07, 6.45) is 3.92. The summed E-state index contributed by atoms with van der Waals surface area (Å²) in [5.41, 5.74) is 0.783. The van der Waals surface area contributed by atoms with Gasteiger partial charge in [0.15, 0.2) is 11.8 Å². The van der Waals surface area contributed by atoms with Crippen molar-refractivity contribution in [1.29, 1.82) is 0 Å². The number of aryl methyl sites for hydroxylation is 1. The molecule has 11 atom stereocenters. The lowest BCUT2D eigenvalue weighted by Gasteiger charge is -2.40. The van der Waals surface area contributed by atoms with E-state index < -0.39 is 161 Å². The number of likely N-dealkylation sites (N-methyl/N-ethyl adjacent to an activating group) is 7. The first kappa shape index (κ1) is 82.9. The molecule has 0 spiro atoms. The van der Waals surface area contributed by atoms with E-state index in [0.717, 1.165) is 20.9 Å². The van der Waals surface area contributed by atoms with Crippen LogP contribution in [-0.2, 0) is 68.9 Å². The van der Waals surface area contributed by atoms with E-state index in [-0.39, 0.29) is 62.9 Å². The van der Waals surface area contributed by atoms with Crippen molar-refractivity contribution in [1.82, 2.24) is 55.6 Å². The SMILES string of the molecule is C/C=C/C[C@@H](C)C(=O)[C@H]1C(=O)N[C@@H](CC)C(=O)N(C)CC(=O)N(C)[C@@H](CC(C)(C)OCc2ccc(C)cc2)C(=O)N[C@@H](C(C)C)C(=O)N(C)[C@@H](CC(C)C)C(=O)N[C@@H](C)C(=O)N[C@H](C)C(=O)N(C)[C@@H](CC(C)C)C(=O)N(C)[C@@H](CC(C)C)C(=O)N(C)[C@@H](C(C)C)C(=O)N1C. The Kier molecular flexibility index (Phi) is 32.8. The lowest BCUT2D eigenvalue weighted by Crippen LogP contribution is -2.63. The van der Waals surface area contributed by atoms with Gasteiger partial charge in [-0.3, -0.25) is 57.5 Å². The molecule has 1 aliphatic heterocycles. The van der Waals surface area contributed by atoms with E-state index in [1.807, 2.05) is 72.7 Å². The Balaban J connectivity index is 3.03. The van der Waals surface area contributed by atoms with Gasteiger partial charge in [0, 0.05) is 61.7 Å². The minimum atomic E-state index is -1.83. The molecule has 1 saturated heterocycles. The Morgan fingerprint density at radius 1 is 0.553 bits per heavy atom. The molecule has 24 nitrogen and oxygen atoms in total. The van der Waals surface area contributed by atoms with Crippen LogP contribution in [0, 0.1) is 42.4 Å². The minimum absolute atomic E-state index is 0.0354. The predicted octanol–water partition coefficient (Wildman–Crippen LogP) is 5.13. The van der Waals surface area contributed by atoms with Gasteiger partial charge in [0.1, 0.15) is 54.4 Å². The van der Waals surface area contributed by atoms with Gasteiger partial charge in [-0.25, -0.2) is 0 Å². The zero-order chi connectivity index (χ0) is 72.3. The Hall–Kier alpha value is -7.24. The van der Waals surface area contributed by atoms with E-state index in [4.69, 9.17) is 4.74 Å². The van der Waals surface area contributed by atoms with Gasteiger partial charge in [-0.05, 0) is 109 Å². The second kappa shape index (κ2) is 37.2. The molecular weight excluding hydrogens is 1200 g/mol. The number of benzene rings is 1. The fourth-order valence-corrected chi connectivity index (χ4v) is 11.5. The first-order valence-electron chi connectivity index (χ1n) is 33.4. The van der Waals surface area contributed by atoms with E-state index in [9.17, 15) is 38.4 Å². The number of nitrogens with zero attached hydrogens (tertiary/aromatic N) is 7. The minimum Gasteiger partial charge on any atom is -0.371 e. The van der Waals surface area contributed by atoms with Crippen LogP contribution in [0.25, 0.3) is 0 Å². The largest absolute Gasteiger partial charge is 0.371 e. The Labute approximate surface area is 561 Å². The third kappa shape index (κ3) is 23.3. The van der Waals surface area contributed by atoms with Gasteiger partial charge < -0.3 is 60.3 Å². The molecule has 0 aromatic heterocycles. The fraction of sp³-hybridized carbons (Fsp3) is 0.714. The maximum atomic E-state index is 15.2. The van der Waals surface area contributed by atoms with Gasteiger partial charge in [0.05, 0.1) is 18.8 Å². The molecule has 1 heterocycles. The van der Waals surface area contributed by atoms with Crippen molar-refractivity contribution in [2.75, 3.05) is 55.9 Å². The quantitative estimate of drug-likeness (QED) is 0.110. The van der Waals surface area contributed by atoms with Crippen LogP contribution in [0.5, 0.6) is 0 Å². The highest BCUT2D eigenvalue weighted by Crippen LogP contribution is 2.27. The number of rotatable bonds is 18. The highest BCUT2D eigenvalue weighted by atomic mass is 16.5. The number of ether oxygens (including phenoxy) is 1. The fourth-order valence-electron chi connectivity index (χ4n) is 11.5. The second-order valence-electron chi connectivity index (χ2n) is 28.5. The number of ketones is 1. The van der Waals surface area contributed by atoms with Crippen molar-refractivity contribution < 1.29 is 62.3 Å². The Morgan fingerprint density at radius 3 is 1.52 bits per heavy atom. The number of hydrogen-bond donors (Lipinski definition) is 4. The van der Waals surface area contributed by atoms with Crippen LogP contribution in [0.3, 0.4) is 0 Å². The van der Waals surface area contributed by atoms with Gasteiger partial charge in [0.2, 0.25) is 59.1 Å². The molecule has 0 saturated carbocycles. The predicted molar refractivity (Wildman–Crippen MR) is 363 cm³/mol. The van der Waals surface area contributed by atoms with Crippen LogP contribution < -0.4 is 21.3 Å². The third-order valence-electron chi connectivity index (χ3n) is 17.6. The molecule has 1 aliphatic rings. The Morgan fingerprint density at radius 2 is 1.03 bits per heavy atom. The molecule has 530 valence electrons. The van der Waals surface area contributed by atoms with Crippen molar-refractivity contribution in [3.05, 3.63) is 47.5 Å². The standard InChI is InChI=1S/C70H117N11O13/c1-26-28-29-46(14)59(83)58-63(87)73-50(27-2)65(89)75(19)38-55(82)76(20)54(37-70(17,18)94-39-49-32-30-45(13)31-33-49)62(86)74-56(43(9)10)68(92)77(21)51(34-40(3)4)61(85)71-47(15)60(84)72-48(16)64(88)78(22)52(35-41(5)6)66(90)79(23)53(36-42(7)8)67(91)80(24)57(44(11)12)69(93)81(58)25/h26,28,30-33,40-44,46-48,50-54,56-58H,27,29,34-39H2,1-25H3,(H,71,85)(H,72,84)(H,73,87)(H,74,86)/b28-26+/t46-,47+,48-,50+,51+,52+,53+,54+,56+,57+,58+/m1/s1. The summed E-state index contributed by atoms with van der Waals surface area (Å²) >= 11 is 0. The summed E-state index contributed by atoms with van der Waals surface area (Å²) in [5.74, 6) is -11.2. The summed E-state index contributed by atoms with van der Waals surface area (Å²) in [7, 11) is 9.74. The summed E-state index contributed by atoms with van der Waals surface area (Å²) in [6.45, 7) is 30.8. The maximum Gasteiger partial charge on any atom is 0.251 e. The van der Waals surface area contributed by atoms with Crippen LogP contribution in [0.1, 0.15) is 167 Å². The van der Waals surface area contributed by atoms with Crippen LogP contribution >= 0.6 is 0 Å². The number of Topliss-reactive ketones (excluding diaryl/α,β-unsaturated/α-hetero) is 1. The van der Waals surface area contributed by atoms with Gasteiger partial charge in [-0.15, -0.1) is 0 Å². The number of carbonyl (C=O) groups excluding carboxylic acids is 12. The van der Waals surface area contributed by atoms with Crippen LogP contribution in [0.2, 0.25) is 0 Å². The molecule has 2 rings (SSSR count). The first-order chi connectivity index (χ1) is 43.5. The average molecular weight is 1320 g/mol. The van der Waals surface area contributed by atoms with Crippen molar-refractivity contribution in [3.8, 4) is 0 Å². The topological polar surface area (TPSA) is 285 Å². The van der Waals surface area contributed by atoms with Crippen LogP contribution in [0.4, 0.5) is 0 Å². The number of hydrogen-bond acceptors (Lipinski definition) is 13. The summed E-state index contributed by atoms with van der Waals surface area (Å²) in [4.78, 5) is 185. The summed E-state index contributed by atoms with van der Waals surface area (Å²) in [6, 6.07) is -5.45. The molecule has 0 aliphatic carbocycles. The lowest BCUT2D eigenvalue weighted by atomic mass is 9.92. The van der Waals surface area contributed by atoms with Crippen LogP contribution in [-0.4, -0.2) is 227 Å². The smallest absolute Gasteiger partial charge is 0.251 e. The molecule has 11 amide bonds. The van der Waals surface area contributed by atoms with Crippen molar-refractivity contribution in [2.45, 2.75) is 236 Å². The normalized spacial score (nSPS) is 25.2. The zero-order valence-corrected chi connectivity index (χ0v) is 61.3. The Bertz CT molecular complexity index is 2820. The number of amides is 11. The van der Waals surface area contributed by atoms with E-state index in [1.165, 1.54) is 87.7 Å². The number of allylic oxidation sites excluding steroid dienone is 2. The van der Waals surface area contributed by atoms with E-state index in [1.54, 1.807) is 74.5 Å². The van der Waals surface area contributed by atoms with Crippen molar-refractivity contribution in [2.24, 2.45) is 35.5 Å². The summed E-state index contributed by atoms with van der Waals surface area (Å²) < 4.78 is 6.42. The highest BCUT2D eigenvalue weighted by molar-refractivity contribution is 6.10. The summed E-state index contributed by atoms with van der Waals surface area (Å²) in [5, 5.41) is 11.0. The average Bonchev–Trinajstić information content (AvgIpc) is 0.812. The number of carbonyl (C=O) groups is 12. The van der Waals surface area contributed by atoms with Gasteiger partial charge in [-0.2, -0.15) is 0 Å². The van der Waals surface area contributed by atoms with Crippen molar-refractivity contribution in [3.63, 3.8) is 0 Å². The monoisotopic (exact) mass is 1320 g/mol. The molecule has 0 radical (unpaired) electrons. The second-order valence-corrected chi connectivity index (χ2v) is 28.5. The number of nitrogens with one attached hydrogen (secondary N) is 4. The molecular formula is C70H117N11O13. The van der Waals surface area contributed by atoms with Crippen molar-refractivity contribution >= 4 is 70.8 Å².